The lowest BCUT2D eigenvalue weighted by Gasteiger charge is -2.39. The molecule has 1 aliphatic carbocycles. The van der Waals surface area contributed by atoms with Crippen molar-refractivity contribution in [1.29, 1.82) is 0 Å². The van der Waals surface area contributed by atoms with Gasteiger partial charge in [0.2, 0.25) is 5.91 Å². The van der Waals surface area contributed by atoms with Crippen LogP contribution in [0.5, 0.6) is 0 Å². The Labute approximate surface area is 106 Å². The zero-order valence-corrected chi connectivity index (χ0v) is 12.0. The molecule has 1 saturated carbocycles. The van der Waals surface area contributed by atoms with Crippen LogP contribution < -0.4 is 5.73 Å². The van der Waals surface area contributed by atoms with Crippen LogP contribution >= 0.6 is 0 Å². The number of hydrogen-bond acceptors (Lipinski definition) is 2. The van der Waals surface area contributed by atoms with Crippen LogP contribution in [0.25, 0.3) is 0 Å². The molecule has 100 valence electrons. The molecule has 0 aromatic heterocycles. The lowest BCUT2D eigenvalue weighted by molar-refractivity contribution is -0.135. The standard InChI is InChI=1S/C14H28N2O/c1-10(2)12(15)13(17)16(5)11-6-8-14(3,4)9-7-11/h10-12H,6-9,15H2,1-5H3/t12-/m1/s1. The number of hydrogen-bond donors (Lipinski definition) is 1. The molecule has 0 aliphatic heterocycles. The van der Waals surface area contributed by atoms with Crippen molar-refractivity contribution in [1.82, 2.24) is 4.90 Å². The lowest BCUT2D eigenvalue weighted by Crippen LogP contribution is -2.50. The highest BCUT2D eigenvalue weighted by atomic mass is 16.2. The summed E-state index contributed by atoms with van der Waals surface area (Å²) in [5.41, 5.74) is 6.37. The molecule has 0 heterocycles. The van der Waals surface area contributed by atoms with Gasteiger partial charge in [-0.25, -0.2) is 0 Å². The van der Waals surface area contributed by atoms with E-state index in [9.17, 15) is 4.79 Å². The number of amides is 1. The van der Waals surface area contributed by atoms with Crippen LogP contribution in [0.1, 0.15) is 53.4 Å². The third-order valence-electron chi connectivity index (χ3n) is 4.21. The fraction of sp³-hybridized carbons (Fsp3) is 0.929. The highest BCUT2D eigenvalue weighted by Gasteiger charge is 2.32. The van der Waals surface area contributed by atoms with Crippen molar-refractivity contribution in [2.24, 2.45) is 17.1 Å². The minimum atomic E-state index is -0.352. The molecule has 17 heavy (non-hydrogen) atoms. The second kappa shape index (κ2) is 5.38. The van der Waals surface area contributed by atoms with Gasteiger partial charge in [0.1, 0.15) is 0 Å². The van der Waals surface area contributed by atoms with Crippen molar-refractivity contribution >= 4 is 5.91 Å². The summed E-state index contributed by atoms with van der Waals surface area (Å²) in [6.07, 6.45) is 4.62. The monoisotopic (exact) mass is 240 g/mol. The molecule has 0 saturated heterocycles. The number of nitrogens with zero attached hydrogens (tertiary/aromatic N) is 1. The van der Waals surface area contributed by atoms with Gasteiger partial charge in [-0.2, -0.15) is 0 Å². The summed E-state index contributed by atoms with van der Waals surface area (Å²) in [4.78, 5) is 14.0. The van der Waals surface area contributed by atoms with E-state index in [2.05, 4.69) is 13.8 Å². The van der Waals surface area contributed by atoms with Crippen molar-refractivity contribution in [3.05, 3.63) is 0 Å². The van der Waals surface area contributed by atoms with Gasteiger partial charge in [0.25, 0.3) is 0 Å². The Morgan fingerprint density at radius 2 is 1.76 bits per heavy atom. The molecule has 3 nitrogen and oxygen atoms in total. The molecular formula is C14H28N2O. The number of carbonyl (C=O) groups is 1. The van der Waals surface area contributed by atoms with Crippen LogP contribution in [0, 0.1) is 11.3 Å². The molecule has 2 N–H and O–H groups in total. The van der Waals surface area contributed by atoms with E-state index < -0.39 is 0 Å². The Morgan fingerprint density at radius 1 is 1.29 bits per heavy atom. The lowest BCUT2D eigenvalue weighted by atomic mass is 9.75. The van der Waals surface area contributed by atoms with E-state index in [-0.39, 0.29) is 17.9 Å². The fourth-order valence-corrected chi connectivity index (χ4v) is 2.47. The van der Waals surface area contributed by atoms with Crippen LogP contribution in [-0.4, -0.2) is 29.9 Å². The summed E-state index contributed by atoms with van der Waals surface area (Å²) in [5, 5.41) is 0. The van der Waals surface area contributed by atoms with Crippen molar-refractivity contribution < 1.29 is 4.79 Å². The summed E-state index contributed by atoms with van der Waals surface area (Å²) < 4.78 is 0. The highest BCUT2D eigenvalue weighted by Crippen LogP contribution is 2.36. The van der Waals surface area contributed by atoms with E-state index in [0.717, 1.165) is 12.8 Å². The first kappa shape index (κ1) is 14.5. The largest absolute Gasteiger partial charge is 0.341 e. The number of carbonyl (C=O) groups excluding carboxylic acids is 1. The van der Waals surface area contributed by atoms with E-state index in [1.807, 2.05) is 25.8 Å². The van der Waals surface area contributed by atoms with E-state index in [1.54, 1.807) is 0 Å². The maximum atomic E-state index is 12.1. The zero-order chi connectivity index (χ0) is 13.2. The molecule has 1 fully saturated rings. The van der Waals surface area contributed by atoms with E-state index in [1.165, 1.54) is 12.8 Å². The van der Waals surface area contributed by atoms with Crippen molar-refractivity contribution in [3.8, 4) is 0 Å². The van der Waals surface area contributed by atoms with Gasteiger partial charge in [-0.15, -0.1) is 0 Å². The SMILES string of the molecule is CC(C)[C@@H](N)C(=O)N(C)C1CCC(C)(C)CC1. The molecule has 0 aromatic rings. The molecule has 1 atom stereocenters. The van der Waals surface area contributed by atoms with Gasteiger partial charge in [-0.3, -0.25) is 4.79 Å². The first-order chi connectivity index (χ1) is 7.74. The van der Waals surface area contributed by atoms with Crippen LogP contribution in [0.2, 0.25) is 0 Å². The van der Waals surface area contributed by atoms with Gasteiger partial charge >= 0.3 is 0 Å². The third-order valence-corrected chi connectivity index (χ3v) is 4.21. The summed E-state index contributed by atoms with van der Waals surface area (Å²) in [5.74, 6) is 0.315. The van der Waals surface area contributed by atoms with E-state index in [0.29, 0.717) is 11.5 Å². The Bertz CT molecular complexity index is 263. The fourth-order valence-electron chi connectivity index (χ4n) is 2.47. The minimum Gasteiger partial charge on any atom is -0.341 e. The summed E-state index contributed by atoms with van der Waals surface area (Å²) >= 11 is 0. The first-order valence-corrected chi connectivity index (χ1v) is 6.77. The Balaban J connectivity index is 2.54. The predicted octanol–water partition coefficient (Wildman–Crippen LogP) is 2.40. The molecule has 1 rings (SSSR count). The molecule has 0 spiro atoms. The molecule has 0 unspecified atom stereocenters. The zero-order valence-electron chi connectivity index (χ0n) is 12.0. The number of likely N-dealkylation sites (N-methyl/N-ethyl adjacent to an activating group) is 1. The van der Waals surface area contributed by atoms with Crippen LogP contribution in [0.4, 0.5) is 0 Å². The van der Waals surface area contributed by atoms with E-state index >= 15 is 0 Å². The molecule has 1 aliphatic rings. The van der Waals surface area contributed by atoms with Crippen LogP contribution in [-0.2, 0) is 4.79 Å². The van der Waals surface area contributed by atoms with Gasteiger partial charge in [-0.05, 0) is 37.0 Å². The maximum Gasteiger partial charge on any atom is 0.239 e. The summed E-state index contributed by atoms with van der Waals surface area (Å²) in [7, 11) is 1.91. The normalized spacial score (nSPS) is 22.5. The molecule has 0 aromatic carbocycles. The average Bonchev–Trinajstić information content (AvgIpc) is 2.26. The molecule has 1 amide bonds. The van der Waals surface area contributed by atoms with Gasteiger partial charge < -0.3 is 10.6 Å². The third kappa shape index (κ3) is 3.70. The van der Waals surface area contributed by atoms with Gasteiger partial charge in [0, 0.05) is 13.1 Å². The van der Waals surface area contributed by atoms with E-state index in [4.69, 9.17) is 5.73 Å². The van der Waals surface area contributed by atoms with Crippen molar-refractivity contribution in [3.63, 3.8) is 0 Å². The first-order valence-electron chi connectivity index (χ1n) is 6.77. The Kier molecular flexibility index (Phi) is 4.59. The quantitative estimate of drug-likeness (QED) is 0.823. The molecule has 0 radical (unpaired) electrons. The van der Waals surface area contributed by atoms with Gasteiger partial charge in [-0.1, -0.05) is 27.7 Å². The minimum absolute atomic E-state index is 0.102. The van der Waals surface area contributed by atoms with Crippen molar-refractivity contribution in [2.45, 2.75) is 65.5 Å². The van der Waals surface area contributed by atoms with Gasteiger partial charge in [0.05, 0.1) is 6.04 Å². The number of nitrogens with two attached hydrogens (primary N) is 1. The smallest absolute Gasteiger partial charge is 0.239 e. The predicted molar refractivity (Wildman–Crippen MR) is 71.6 cm³/mol. The number of rotatable bonds is 3. The molecule has 0 bridgehead atoms. The summed E-state index contributed by atoms with van der Waals surface area (Å²) in [6.45, 7) is 8.62. The van der Waals surface area contributed by atoms with Crippen molar-refractivity contribution in [2.75, 3.05) is 7.05 Å². The summed E-state index contributed by atoms with van der Waals surface area (Å²) in [6, 6.07) is 0.0373. The second-order valence-corrected chi connectivity index (χ2v) is 6.61. The van der Waals surface area contributed by atoms with Gasteiger partial charge in [0.15, 0.2) is 0 Å². The molecule has 3 heteroatoms. The second-order valence-electron chi connectivity index (χ2n) is 6.61. The maximum absolute atomic E-state index is 12.1. The molecular weight excluding hydrogens is 212 g/mol. The van der Waals surface area contributed by atoms with Crippen LogP contribution in [0.3, 0.4) is 0 Å². The Morgan fingerprint density at radius 3 is 2.18 bits per heavy atom. The topological polar surface area (TPSA) is 46.3 Å². The van der Waals surface area contributed by atoms with Crippen LogP contribution in [0.15, 0.2) is 0 Å². The Hall–Kier alpha value is -0.570. The highest BCUT2D eigenvalue weighted by molar-refractivity contribution is 5.81. The average molecular weight is 240 g/mol.